The second-order valence-electron chi connectivity index (χ2n) is 6.08. The summed E-state index contributed by atoms with van der Waals surface area (Å²) in [5.41, 5.74) is 0.746. The third kappa shape index (κ3) is 3.83. The molecular weight excluding hydrogens is 392 g/mol. The largest absolute Gasteiger partial charge is 0.352 e. The second kappa shape index (κ2) is 8.30. The quantitative estimate of drug-likeness (QED) is 0.692. The molecule has 0 radical (unpaired) electrons. The summed E-state index contributed by atoms with van der Waals surface area (Å²) >= 11 is 3.05. The van der Waals surface area contributed by atoms with E-state index in [-0.39, 0.29) is 36.5 Å². The zero-order valence-corrected chi connectivity index (χ0v) is 16.4. The van der Waals surface area contributed by atoms with E-state index in [9.17, 15) is 9.59 Å². The van der Waals surface area contributed by atoms with Gasteiger partial charge in [0.05, 0.1) is 11.7 Å². The van der Waals surface area contributed by atoms with Crippen LogP contribution in [0.25, 0.3) is 20.7 Å². The Kier molecular flexibility index (Phi) is 6.08. The molecule has 1 aliphatic rings. The molecule has 9 heteroatoms. The SMILES string of the molecule is Cl.O=C(Cn1cnc2scc(-c3cccs3)c2c1=O)NC1CCNCC1. The van der Waals surface area contributed by atoms with E-state index in [4.69, 9.17) is 0 Å². The minimum absolute atomic E-state index is 0. The molecule has 0 saturated carbocycles. The first-order valence-corrected chi connectivity index (χ1v) is 9.99. The van der Waals surface area contributed by atoms with E-state index >= 15 is 0 Å². The van der Waals surface area contributed by atoms with Gasteiger partial charge in [-0.15, -0.1) is 35.1 Å². The molecule has 4 heterocycles. The first-order valence-electron chi connectivity index (χ1n) is 8.23. The van der Waals surface area contributed by atoms with Crippen LogP contribution >= 0.6 is 35.1 Å². The lowest BCUT2D eigenvalue weighted by atomic mass is 10.1. The van der Waals surface area contributed by atoms with Crippen LogP contribution in [-0.4, -0.2) is 34.6 Å². The third-order valence-electron chi connectivity index (χ3n) is 4.37. The van der Waals surface area contributed by atoms with Gasteiger partial charge in [-0.3, -0.25) is 14.2 Å². The summed E-state index contributed by atoms with van der Waals surface area (Å²) in [4.78, 5) is 31.3. The fourth-order valence-corrected chi connectivity index (χ4v) is 4.81. The number of nitrogens with zero attached hydrogens (tertiary/aromatic N) is 2. The van der Waals surface area contributed by atoms with E-state index in [2.05, 4.69) is 15.6 Å². The number of carbonyl (C=O) groups is 1. The van der Waals surface area contributed by atoms with Gasteiger partial charge in [0.1, 0.15) is 11.4 Å². The number of fused-ring (bicyclic) bond motifs is 1. The number of piperidine rings is 1. The Morgan fingerprint density at radius 3 is 2.88 bits per heavy atom. The molecule has 0 aromatic carbocycles. The van der Waals surface area contributed by atoms with Crippen LogP contribution in [0.5, 0.6) is 0 Å². The maximum Gasteiger partial charge on any atom is 0.263 e. The molecule has 0 atom stereocenters. The van der Waals surface area contributed by atoms with E-state index in [1.165, 1.54) is 22.2 Å². The highest BCUT2D eigenvalue weighted by Gasteiger charge is 2.18. The van der Waals surface area contributed by atoms with Gasteiger partial charge in [-0.1, -0.05) is 6.07 Å². The van der Waals surface area contributed by atoms with Crippen molar-refractivity contribution in [3.05, 3.63) is 39.6 Å². The predicted molar refractivity (Wildman–Crippen MR) is 108 cm³/mol. The Morgan fingerprint density at radius 2 is 2.15 bits per heavy atom. The molecule has 4 rings (SSSR count). The number of hydrogen-bond donors (Lipinski definition) is 2. The van der Waals surface area contributed by atoms with Crippen LogP contribution in [0.2, 0.25) is 0 Å². The summed E-state index contributed by atoms with van der Waals surface area (Å²) in [6.45, 7) is 1.83. The van der Waals surface area contributed by atoms with Gasteiger partial charge >= 0.3 is 0 Å². The van der Waals surface area contributed by atoms with Crippen molar-refractivity contribution in [2.75, 3.05) is 13.1 Å². The fraction of sp³-hybridized carbons (Fsp3) is 0.353. The van der Waals surface area contributed by atoms with Crippen LogP contribution in [0.3, 0.4) is 0 Å². The van der Waals surface area contributed by atoms with Crippen molar-refractivity contribution >= 4 is 51.2 Å². The summed E-state index contributed by atoms with van der Waals surface area (Å²) in [5, 5.41) is 10.8. The fourth-order valence-electron chi connectivity index (χ4n) is 3.09. The molecule has 138 valence electrons. The lowest BCUT2D eigenvalue weighted by Crippen LogP contribution is -2.44. The summed E-state index contributed by atoms with van der Waals surface area (Å²) in [7, 11) is 0. The van der Waals surface area contributed by atoms with Crippen molar-refractivity contribution < 1.29 is 4.79 Å². The highest BCUT2D eigenvalue weighted by Crippen LogP contribution is 2.33. The minimum atomic E-state index is -0.157. The van der Waals surface area contributed by atoms with E-state index in [0.29, 0.717) is 10.2 Å². The third-order valence-corrected chi connectivity index (χ3v) is 6.16. The van der Waals surface area contributed by atoms with Gasteiger partial charge in [0.25, 0.3) is 5.56 Å². The zero-order chi connectivity index (χ0) is 17.2. The highest BCUT2D eigenvalue weighted by atomic mass is 35.5. The first kappa shape index (κ1) is 19.0. The van der Waals surface area contributed by atoms with Gasteiger partial charge in [0.2, 0.25) is 5.91 Å². The zero-order valence-electron chi connectivity index (χ0n) is 13.9. The van der Waals surface area contributed by atoms with Crippen molar-refractivity contribution in [3.8, 4) is 10.4 Å². The van der Waals surface area contributed by atoms with Crippen LogP contribution in [0.15, 0.2) is 34.0 Å². The Hall–Kier alpha value is -1.74. The smallest absolute Gasteiger partial charge is 0.263 e. The highest BCUT2D eigenvalue weighted by molar-refractivity contribution is 7.18. The Bertz CT molecular complexity index is 945. The summed E-state index contributed by atoms with van der Waals surface area (Å²) in [5.74, 6) is -0.136. The standard InChI is InChI=1S/C17H18N4O2S2.ClH/c22-14(20-11-3-5-18-6-4-11)8-21-10-19-16-15(17(21)23)12(9-25-16)13-2-1-7-24-13;/h1-2,7,9-11,18H,3-6,8H2,(H,20,22);1H. The predicted octanol–water partition coefficient (Wildman–Crippen LogP) is 2.48. The Morgan fingerprint density at radius 1 is 1.35 bits per heavy atom. The number of halogens is 1. The number of aromatic nitrogens is 2. The Balaban J connectivity index is 0.00000196. The van der Waals surface area contributed by atoms with Crippen molar-refractivity contribution in [3.63, 3.8) is 0 Å². The molecule has 1 amide bonds. The maximum atomic E-state index is 12.9. The minimum Gasteiger partial charge on any atom is -0.352 e. The molecule has 1 saturated heterocycles. The number of hydrogen-bond acceptors (Lipinski definition) is 6. The topological polar surface area (TPSA) is 76.0 Å². The van der Waals surface area contributed by atoms with Crippen LogP contribution < -0.4 is 16.2 Å². The van der Waals surface area contributed by atoms with E-state index in [1.807, 2.05) is 22.9 Å². The van der Waals surface area contributed by atoms with Gasteiger partial charge in [-0.05, 0) is 37.4 Å². The molecule has 3 aromatic heterocycles. The molecule has 0 unspecified atom stereocenters. The number of carbonyl (C=O) groups excluding carboxylic acids is 1. The number of nitrogens with one attached hydrogen (secondary N) is 2. The van der Waals surface area contributed by atoms with Gasteiger partial charge in [-0.2, -0.15) is 0 Å². The van der Waals surface area contributed by atoms with Crippen LogP contribution in [0.4, 0.5) is 0 Å². The van der Waals surface area contributed by atoms with Gasteiger partial charge in [-0.25, -0.2) is 4.98 Å². The van der Waals surface area contributed by atoms with Gasteiger partial charge < -0.3 is 10.6 Å². The number of thiophene rings is 2. The van der Waals surface area contributed by atoms with Crippen LogP contribution in [0.1, 0.15) is 12.8 Å². The van der Waals surface area contributed by atoms with Crippen LogP contribution in [-0.2, 0) is 11.3 Å². The van der Waals surface area contributed by atoms with Gasteiger partial charge in [0, 0.05) is 21.9 Å². The molecule has 6 nitrogen and oxygen atoms in total. The number of rotatable bonds is 4. The molecule has 1 aliphatic heterocycles. The van der Waals surface area contributed by atoms with Crippen LogP contribution in [0, 0.1) is 0 Å². The Labute approximate surface area is 164 Å². The van der Waals surface area contributed by atoms with Crippen molar-refractivity contribution in [1.82, 2.24) is 20.2 Å². The van der Waals surface area contributed by atoms with E-state index < -0.39 is 0 Å². The normalized spacial score (nSPS) is 14.9. The van der Waals surface area contributed by atoms with Gasteiger partial charge in [0.15, 0.2) is 0 Å². The monoisotopic (exact) mass is 410 g/mol. The molecule has 26 heavy (non-hydrogen) atoms. The summed E-state index contributed by atoms with van der Waals surface area (Å²) in [6.07, 6.45) is 3.32. The average molecular weight is 411 g/mol. The summed E-state index contributed by atoms with van der Waals surface area (Å²) in [6, 6.07) is 4.14. The maximum absolute atomic E-state index is 12.9. The molecule has 0 spiro atoms. The van der Waals surface area contributed by atoms with E-state index in [0.717, 1.165) is 36.4 Å². The molecule has 3 aromatic rings. The van der Waals surface area contributed by atoms with Crippen molar-refractivity contribution in [1.29, 1.82) is 0 Å². The molecule has 2 N–H and O–H groups in total. The number of amides is 1. The van der Waals surface area contributed by atoms with Crippen molar-refractivity contribution in [2.24, 2.45) is 0 Å². The molecule has 0 aliphatic carbocycles. The molecular formula is C17H19ClN4O2S2. The average Bonchev–Trinajstić information content (AvgIpc) is 3.27. The molecule has 0 bridgehead atoms. The lowest BCUT2D eigenvalue weighted by molar-refractivity contribution is -0.122. The lowest BCUT2D eigenvalue weighted by Gasteiger charge is -2.23. The van der Waals surface area contributed by atoms with Crippen molar-refractivity contribution in [2.45, 2.75) is 25.4 Å². The van der Waals surface area contributed by atoms with E-state index in [1.54, 1.807) is 11.3 Å². The first-order chi connectivity index (χ1) is 12.2. The molecule has 1 fully saturated rings. The summed E-state index contributed by atoms with van der Waals surface area (Å²) < 4.78 is 1.41. The second-order valence-corrected chi connectivity index (χ2v) is 7.88.